The molecule has 0 radical (unpaired) electrons. The molecule has 25 heavy (non-hydrogen) atoms. The van der Waals surface area contributed by atoms with E-state index in [1.807, 2.05) is 25.2 Å². The minimum atomic E-state index is 0.286. The van der Waals surface area contributed by atoms with Crippen molar-refractivity contribution in [3.05, 3.63) is 35.1 Å². The summed E-state index contributed by atoms with van der Waals surface area (Å²) >= 11 is 3.29. The summed E-state index contributed by atoms with van der Waals surface area (Å²) in [6, 6.07) is 5.93. The predicted octanol–water partition coefficient (Wildman–Crippen LogP) is 4.08. The number of rotatable bonds is 5. The van der Waals surface area contributed by atoms with E-state index in [1.165, 1.54) is 0 Å². The SMILES string of the molecule is CC(C)c1nnc(SCc2csc(-c3ccc4c(c3)OCO4)n2)n1C. The number of hydrogen-bond acceptors (Lipinski definition) is 7. The van der Waals surface area contributed by atoms with Crippen LogP contribution in [-0.4, -0.2) is 26.5 Å². The number of fused-ring (bicyclic) bond motifs is 1. The Morgan fingerprint density at radius 2 is 2.08 bits per heavy atom. The lowest BCUT2D eigenvalue weighted by Crippen LogP contribution is -2.00. The van der Waals surface area contributed by atoms with Gasteiger partial charge in [-0.15, -0.1) is 21.5 Å². The van der Waals surface area contributed by atoms with Crippen LogP contribution in [0.15, 0.2) is 28.7 Å². The van der Waals surface area contributed by atoms with Crippen LogP contribution < -0.4 is 9.47 Å². The van der Waals surface area contributed by atoms with E-state index in [9.17, 15) is 0 Å². The molecule has 130 valence electrons. The molecule has 0 saturated heterocycles. The fourth-order valence-electron chi connectivity index (χ4n) is 2.63. The molecule has 0 atom stereocenters. The number of thiazole rings is 1. The number of nitrogens with zero attached hydrogens (tertiary/aromatic N) is 4. The Labute approximate surface area is 154 Å². The van der Waals surface area contributed by atoms with Gasteiger partial charge in [0.25, 0.3) is 0 Å². The number of thioether (sulfide) groups is 1. The third-order valence-electron chi connectivity index (χ3n) is 3.91. The summed E-state index contributed by atoms with van der Waals surface area (Å²) < 4.78 is 12.9. The van der Waals surface area contributed by atoms with Gasteiger partial charge in [-0.2, -0.15) is 0 Å². The zero-order valence-corrected chi connectivity index (χ0v) is 15.9. The van der Waals surface area contributed by atoms with Crippen molar-refractivity contribution in [3.63, 3.8) is 0 Å². The van der Waals surface area contributed by atoms with E-state index >= 15 is 0 Å². The van der Waals surface area contributed by atoms with Crippen LogP contribution in [0.5, 0.6) is 11.5 Å². The zero-order valence-electron chi connectivity index (χ0n) is 14.2. The molecule has 0 fully saturated rings. The maximum Gasteiger partial charge on any atom is 0.231 e. The lowest BCUT2D eigenvalue weighted by molar-refractivity contribution is 0.174. The van der Waals surface area contributed by atoms with Crippen molar-refractivity contribution in [1.82, 2.24) is 19.7 Å². The second-order valence-corrected chi connectivity index (χ2v) is 7.86. The molecular formula is C17H18N4O2S2. The fraction of sp³-hybridized carbons (Fsp3) is 0.353. The molecule has 1 aliphatic rings. The van der Waals surface area contributed by atoms with E-state index in [1.54, 1.807) is 23.1 Å². The fourth-order valence-corrected chi connectivity index (χ4v) is 4.36. The van der Waals surface area contributed by atoms with E-state index in [4.69, 9.17) is 14.5 Å². The predicted molar refractivity (Wildman–Crippen MR) is 98.3 cm³/mol. The Morgan fingerprint density at radius 1 is 1.24 bits per heavy atom. The van der Waals surface area contributed by atoms with Crippen LogP contribution in [0.3, 0.4) is 0 Å². The average Bonchev–Trinajstić information content (AvgIpc) is 3.31. The number of benzene rings is 1. The van der Waals surface area contributed by atoms with E-state index in [-0.39, 0.29) is 6.79 Å². The normalized spacial score (nSPS) is 13.0. The van der Waals surface area contributed by atoms with E-state index in [0.717, 1.165) is 44.5 Å². The van der Waals surface area contributed by atoms with E-state index < -0.39 is 0 Å². The first kappa shape index (κ1) is 16.4. The highest BCUT2D eigenvalue weighted by atomic mass is 32.2. The van der Waals surface area contributed by atoms with Crippen molar-refractivity contribution in [2.75, 3.05) is 6.79 Å². The molecule has 2 aromatic heterocycles. The Kier molecular flexibility index (Phi) is 4.39. The molecule has 1 aromatic carbocycles. The quantitative estimate of drug-likeness (QED) is 0.627. The van der Waals surface area contributed by atoms with Crippen LogP contribution in [0.2, 0.25) is 0 Å². The molecule has 3 aromatic rings. The summed E-state index contributed by atoms with van der Waals surface area (Å²) in [5.74, 6) is 3.71. The smallest absolute Gasteiger partial charge is 0.231 e. The number of hydrogen-bond donors (Lipinski definition) is 0. The Hall–Kier alpha value is -2.06. The van der Waals surface area contributed by atoms with Crippen molar-refractivity contribution in [2.45, 2.75) is 30.7 Å². The molecule has 0 bridgehead atoms. The molecule has 0 aliphatic carbocycles. The van der Waals surface area contributed by atoms with Gasteiger partial charge in [0.1, 0.15) is 10.8 Å². The molecule has 4 rings (SSSR count). The van der Waals surface area contributed by atoms with Gasteiger partial charge >= 0.3 is 0 Å². The van der Waals surface area contributed by atoms with Gasteiger partial charge < -0.3 is 14.0 Å². The molecule has 0 amide bonds. The number of ether oxygens (including phenoxy) is 2. The second-order valence-electron chi connectivity index (χ2n) is 6.06. The summed E-state index contributed by atoms with van der Waals surface area (Å²) in [5.41, 5.74) is 2.09. The minimum Gasteiger partial charge on any atom is -0.454 e. The van der Waals surface area contributed by atoms with Gasteiger partial charge in [0.05, 0.1) is 5.69 Å². The van der Waals surface area contributed by atoms with Crippen molar-refractivity contribution in [2.24, 2.45) is 7.05 Å². The summed E-state index contributed by atoms with van der Waals surface area (Å²) in [7, 11) is 2.01. The van der Waals surface area contributed by atoms with Gasteiger partial charge in [0.15, 0.2) is 16.7 Å². The lowest BCUT2D eigenvalue weighted by Gasteiger charge is -2.05. The largest absolute Gasteiger partial charge is 0.454 e. The summed E-state index contributed by atoms with van der Waals surface area (Å²) in [6.45, 7) is 4.53. The van der Waals surface area contributed by atoms with Crippen LogP contribution in [0.4, 0.5) is 0 Å². The molecule has 1 aliphatic heterocycles. The van der Waals surface area contributed by atoms with Crippen LogP contribution in [-0.2, 0) is 12.8 Å². The van der Waals surface area contributed by atoms with Crippen molar-refractivity contribution in [3.8, 4) is 22.1 Å². The van der Waals surface area contributed by atoms with Crippen molar-refractivity contribution >= 4 is 23.1 Å². The third kappa shape index (κ3) is 3.23. The third-order valence-corrected chi connectivity index (χ3v) is 5.90. The molecule has 8 heteroatoms. The zero-order chi connectivity index (χ0) is 17.4. The van der Waals surface area contributed by atoms with Gasteiger partial charge in [-0.05, 0) is 18.2 Å². The summed E-state index contributed by atoms with van der Waals surface area (Å²) in [4.78, 5) is 4.74. The highest BCUT2D eigenvalue weighted by Gasteiger charge is 2.16. The lowest BCUT2D eigenvalue weighted by atomic mass is 10.2. The molecule has 3 heterocycles. The number of aromatic nitrogens is 4. The topological polar surface area (TPSA) is 62.1 Å². The monoisotopic (exact) mass is 374 g/mol. The van der Waals surface area contributed by atoms with Crippen LogP contribution >= 0.6 is 23.1 Å². The maximum atomic E-state index is 5.44. The molecular weight excluding hydrogens is 356 g/mol. The van der Waals surface area contributed by atoms with E-state index in [0.29, 0.717) is 5.92 Å². The molecule has 0 spiro atoms. The molecule has 6 nitrogen and oxygen atoms in total. The van der Waals surface area contributed by atoms with Crippen molar-refractivity contribution < 1.29 is 9.47 Å². The minimum absolute atomic E-state index is 0.286. The molecule has 0 saturated carbocycles. The van der Waals surface area contributed by atoms with Gasteiger partial charge in [0.2, 0.25) is 6.79 Å². The Bertz CT molecular complexity index is 904. The van der Waals surface area contributed by atoms with Gasteiger partial charge in [0, 0.05) is 29.7 Å². The van der Waals surface area contributed by atoms with Gasteiger partial charge in [-0.3, -0.25) is 0 Å². The first-order valence-electron chi connectivity index (χ1n) is 7.98. The average molecular weight is 374 g/mol. The van der Waals surface area contributed by atoms with Gasteiger partial charge in [-0.25, -0.2) is 4.98 Å². The first-order chi connectivity index (χ1) is 12.1. The van der Waals surface area contributed by atoms with Crippen molar-refractivity contribution in [1.29, 1.82) is 0 Å². The highest BCUT2D eigenvalue weighted by molar-refractivity contribution is 7.98. The standard InChI is InChI=1S/C17H18N4O2S2/c1-10(2)15-19-20-17(21(15)3)25-8-12-7-24-16(18-12)11-4-5-13-14(6-11)23-9-22-13/h4-7,10H,8-9H2,1-3H3. The first-order valence-corrected chi connectivity index (χ1v) is 9.85. The summed E-state index contributed by atoms with van der Waals surface area (Å²) in [5, 5.41) is 12.5. The molecule has 0 N–H and O–H groups in total. The molecule has 0 unspecified atom stereocenters. The highest BCUT2D eigenvalue weighted by Crippen LogP contribution is 2.37. The van der Waals surface area contributed by atoms with E-state index in [2.05, 4.69) is 34.0 Å². The van der Waals surface area contributed by atoms with Gasteiger partial charge in [-0.1, -0.05) is 25.6 Å². The van der Waals surface area contributed by atoms with Crippen LogP contribution in [0, 0.1) is 0 Å². The Balaban J connectivity index is 1.47. The second kappa shape index (κ2) is 6.68. The summed E-state index contributed by atoms with van der Waals surface area (Å²) in [6.07, 6.45) is 0. The maximum absolute atomic E-state index is 5.44. The van der Waals surface area contributed by atoms with Crippen LogP contribution in [0.25, 0.3) is 10.6 Å². The van der Waals surface area contributed by atoms with Crippen LogP contribution in [0.1, 0.15) is 31.3 Å². The Morgan fingerprint density at radius 3 is 2.88 bits per heavy atom.